The molecule has 1 heterocycles. The molecule has 0 aliphatic heterocycles. The van der Waals surface area contributed by atoms with E-state index in [4.69, 9.17) is 6.42 Å². The number of aromatic nitrogens is 1. The molecular formula is C14H22N2. The van der Waals surface area contributed by atoms with Crippen LogP contribution in [0.1, 0.15) is 38.7 Å². The predicted molar refractivity (Wildman–Crippen MR) is 69.1 cm³/mol. The molecular weight excluding hydrogens is 196 g/mol. The zero-order valence-corrected chi connectivity index (χ0v) is 10.4. The van der Waals surface area contributed by atoms with Crippen LogP contribution >= 0.6 is 0 Å². The highest BCUT2D eigenvalue weighted by Crippen LogP contribution is 2.04. The minimum absolute atomic E-state index is 0.444. The second kappa shape index (κ2) is 7.14. The molecule has 0 saturated heterocycles. The van der Waals surface area contributed by atoms with Crippen LogP contribution in [0.15, 0.2) is 18.5 Å². The van der Waals surface area contributed by atoms with Gasteiger partial charge in [-0.25, -0.2) is 0 Å². The summed E-state index contributed by atoms with van der Waals surface area (Å²) in [7, 11) is 0. The van der Waals surface area contributed by atoms with Crippen LogP contribution in [0.5, 0.6) is 0 Å². The van der Waals surface area contributed by atoms with E-state index < -0.39 is 0 Å². The van der Waals surface area contributed by atoms with Gasteiger partial charge in [0.2, 0.25) is 0 Å². The van der Waals surface area contributed by atoms with Crippen LogP contribution in [0.3, 0.4) is 0 Å². The van der Waals surface area contributed by atoms with Gasteiger partial charge in [-0.1, -0.05) is 13.8 Å². The summed E-state index contributed by atoms with van der Waals surface area (Å²) in [5, 5.41) is 3.49. The summed E-state index contributed by atoms with van der Waals surface area (Å²) in [6.07, 6.45) is 12.7. The van der Waals surface area contributed by atoms with E-state index in [0.717, 1.165) is 25.9 Å². The van der Waals surface area contributed by atoms with Crippen molar-refractivity contribution in [1.82, 2.24) is 9.88 Å². The average Bonchev–Trinajstić information content (AvgIpc) is 2.72. The number of terminal acetylenes is 1. The highest BCUT2D eigenvalue weighted by molar-refractivity contribution is 5.10. The van der Waals surface area contributed by atoms with Crippen LogP contribution in [-0.4, -0.2) is 10.6 Å². The van der Waals surface area contributed by atoms with Crippen molar-refractivity contribution in [2.45, 2.75) is 52.2 Å². The number of hydrogen-bond donors (Lipinski definition) is 1. The smallest absolute Gasteiger partial charge is 0.0240 e. The first kappa shape index (κ1) is 12.9. The Morgan fingerprint density at radius 2 is 2.31 bits per heavy atom. The van der Waals surface area contributed by atoms with Gasteiger partial charge in [-0.3, -0.25) is 0 Å². The second-order valence-electron chi connectivity index (χ2n) is 4.15. The second-order valence-corrected chi connectivity index (χ2v) is 4.15. The van der Waals surface area contributed by atoms with Gasteiger partial charge in [0.1, 0.15) is 0 Å². The maximum Gasteiger partial charge on any atom is 0.0240 e. The van der Waals surface area contributed by atoms with Crippen molar-refractivity contribution >= 4 is 0 Å². The zero-order valence-electron chi connectivity index (χ0n) is 10.4. The average molecular weight is 218 g/mol. The Hall–Kier alpha value is -1.20. The number of nitrogens with one attached hydrogen (secondary N) is 1. The normalized spacial score (nSPS) is 12.3. The number of hydrogen-bond acceptors (Lipinski definition) is 1. The molecule has 1 N–H and O–H groups in total. The third-order valence-corrected chi connectivity index (χ3v) is 2.75. The van der Waals surface area contributed by atoms with Crippen LogP contribution in [0.2, 0.25) is 0 Å². The summed E-state index contributed by atoms with van der Waals surface area (Å²) < 4.78 is 2.24. The highest BCUT2D eigenvalue weighted by atomic mass is 14.9. The van der Waals surface area contributed by atoms with Crippen molar-refractivity contribution in [3.8, 4) is 12.3 Å². The van der Waals surface area contributed by atoms with Gasteiger partial charge in [-0.2, -0.15) is 0 Å². The number of rotatable bonds is 7. The predicted octanol–water partition coefficient (Wildman–Crippen LogP) is 2.79. The largest absolute Gasteiger partial charge is 0.354 e. The lowest BCUT2D eigenvalue weighted by Crippen LogP contribution is -2.27. The first-order valence-corrected chi connectivity index (χ1v) is 6.11. The molecule has 0 saturated carbocycles. The molecule has 1 aromatic rings. The maximum absolute atomic E-state index is 5.32. The SMILES string of the molecule is C#CCC(CC)NCc1ccn(CCC)c1. The van der Waals surface area contributed by atoms with Crippen molar-refractivity contribution in [3.05, 3.63) is 24.0 Å². The molecule has 0 amide bonds. The Bertz CT molecular complexity index is 333. The molecule has 1 unspecified atom stereocenters. The fraction of sp³-hybridized carbons (Fsp3) is 0.571. The van der Waals surface area contributed by atoms with Gasteiger partial charge in [-0.05, 0) is 24.5 Å². The van der Waals surface area contributed by atoms with E-state index in [9.17, 15) is 0 Å². The van der Waals surface area contributed by atoms with Crippen LogP contribution in [-0.2, 0) is 13.1 Å². The van der Waals surface area contributed by atoms with Crippen molar-refractivity contribution < 1.29 is 0 Å². The van der Waals surface area contributed by atoms with Crippen molar-refractivity contribution in [2.24, 2.45) is 0 Å². The van der Waals surface area contributed by atoms with E-state index in [2.05, 4.69) is 48.1 Å². The standard InChI is InChI=1S/C14H22N2/c1-4-7-14(6-3)15-11-13-8-10-16(12-13)9-5-2/h1,8,10,12,14-15H,5-7,9,11H2,2-3H3. The molecule has 0 aromatic carbocycles. The quantitative estimate of drug-likeness (QED) is 0.696. The van der Waals surface area contributed by atoms with Gasteiger partial charge in [-0.15, -0.1) is 12.3 Å². The molecule has 0 fully saturated rings. The summed E-state index contributed by atoms with van der Waals surface area (Å²) in [5.41, 5.74) is 1.34. The fourth-order valence-corrected chi connectivity index (χ4v) is 1.76. The van der Waals surface area contributed by atoms with Crippen LogP contribution in [0.4, 0.5) is 0 Å². The Labute approximate surface area is 99.0 Å². The number of nitrogens with zero attached hydrogens (tertiary/aromatic N) is 1. The minimum Gasteiger partial charge on any atom is -0.354 e. The molecule has 2 nitrogen and oxygen atoms in total. The lowest BCUT2D eigenvalue weighted by atomic mass is 10.1. The minimum atomic E-state index is 0.444. The summed E-state index contributed by atoms with van der Waals surface area (Å²) in [6, 6.07) is 2.62. The van der Waals surface area contributed by atoms with Gasteiger partial charge in [0.05, 0.1) is 0 Å². The van der Waals surface area contributed by atoms with Gasteiger partial charge in [0, 0.05) is 37.9 Å². The highest BCUT2D eigenvalue weighted by Gasteiger charge is 2.04. The molecule has 1 atom stereocenters. The van der Waals surface area contributed by atoms with Crippen molar-refractivity contribution in [3.63, 3.8) is 0 Å². The molecule has 1 aromatic heterocycles. The Kier molecular flexibility index (Phi) is 5.74. The lowest BCUT2D eigenvalue weighted by Gasteiger charge is -2.13. The van der Waals surface area contributed by atoms with Gasteiger partial charge in [0.15, 0.2) is 0 Å². The van der Waals surface area contributed by atoms with E-state index >= 15 is 0 Å². The molecule has 0 spiro atoms. The van der Waals surface area contributed by atoms with E-state index in [1.165, 1.54) is 12.0 Å². The first-order valence-electron chi connectivity index (χ1n) is 6.11. The molecule has 0 bridgehead atoms. The van der Waals surface area contributed by atoms with Crippen molar-refractivity contribution in [1.29, 1.82) is 0 Å². The molecule has 88 valence electrons. The van der Waals surface area contributed by atoms with E-state index in [-0.39, 0.29) is 0 Å². The van der Waals surface area contributed by atoms with Crippen LogP contribution in [0, 0.1) is 12.3 Å². The van der Waals surface area contributed by atoms with Crippen LogP contribution < -0.4 is 5.32 Å². The monoisotopic (exact) mass is 218 g/mol. The third kappa shape index (κ3) is 4.12. The summed E-state index contributed by atoms with van der Waals surface area (Å²) in [5.74, 6) is 2.71. The Morgan fingerprint density at radius 3 is 2.94 bits per heavy atom. The summed E-state index contributed by atoms with van der Waals surface area (Å²) in [4.78, 5) is 0. The molecule has 0 radical (unpaired) electrons. The Morgan fingerprint density at radius 1 is 1.50 bits per heavy atom. The van der Waals surface area contributed by atoms with Gasteiger partial charge < -0.3 is 9.88 Å². The van der Waals surface area contributed by atoms with Crippen LogP contribution in [0.25, 0.3) is 0 Å². The van der Waals surface area contributed by atoms with E-state index in [1.807, 2.05) is 0 Å². The van der Waals surface area contributed by atoms with Gasteiger partial charge in [0.25, 0.3) is 0 Å². The zero-order chi connectivity index (χ0) is 11.8. The molecule has 0 aliphatic rings. The third-order valence-electron chi connectivity index (χ3n) is 2.75. The maximum atomic E-state index is 5.32. The van der Waals surface area contributed by atoms with Crippen molar-refractivity contribution in [2.75, 3.05) is 0 Å². The molecule has 1 rings (SSSR count). The first-order chi connectivity index (χ1) is 7.80. The fourth-order valence-electron chi connectivity index (χ4n) is 1.76. The topological polar surface area (TPSA) is 17.0 Å². The Balaban J connectivity index is 2.38. The number of aryl methyl sites for hydroxylation is 1. The molecule has 0 aliphatic carbocycles. The molecule has 16 heavy (non-hydrogen) atoms. The lowest BCUT2D eigenvalue weighted by molar-refractivity contribution is 0.506. The molecule has 2 heteroatoms. The van der Waals surface area contributed by atoms with Gasteiger partial charge >= 0.3 is 0 Å². The summed E-state index contributed by atoms with van der Waals surface area (Å²) >= 11 is 0. The van der Waals surface area contributed by atoms with E-state index in [1.54, 1.807) is 0 Å². The van der Waals surface area contributed by atoms with E-state index in [0.29, 0.717) is 6.04 Å². The summed E-state index contributed by atoms with van der Waals surface area (Å²) in [6.45, 7) is 6.37.